The maximum absolute atomic E-state index is 12.2. The van der Waals surface area contributed by atoms with Gasteiger partial charge in [0.15, 0.2) is 17.0 Å². The molecule has 0 atom stereocenters. The zero-order valence-corrected chi connectivity index (χ0v) is 18.7. The molecule has 8 heteroatoms. The summed E-state index contributed by atoms with van der Waals surface area (Å²) in [5.41, 5.74) is 3.59. The SMILES string of the molecule is CCCC(=O)Nc1nc(NC(=O)CCC)c2nc(/C=C/c3ccc(CC)cc3)cnc2n1. The monoisotopic (exact) mass is 432 g/mol. The zero-order valence-electron chi connectivity index (χ0n) is 18.7. The fourth-order valence-electron chi connectivity index (χ4n) is 3.03. The second-order valence-corrected chi connectivity index (χ2v) is 7.39. The number of hydrogen-bond acceptors (Lipinski definition) is 6. The Morgan fingerprint density at radius 1 is 0.875 bits per heavy atom. The molecule has 8 nitrogen and oxygen atoms in total. The number of carbonyl (C=O) groups excluding carboxylic acids is 2. The van der Waals surface area contributed by atoms with E-state index < -0.39 is 0 Å². The highest BCUT2D eigenvalue weighted by atomic mass is 16.2. The third-order valence-corrected chi connectivity index (χ3v) is 4.72. The molecular weight excluding hydrogens is 404 g/mol. The summed E-state index contributed by atoms with van der Waals surface area (Å²) in [6.45, 7) is 5.95. The van der Waals surface area contributed by atoms with E-state index in [4.69, 9.17) is 0 Å². The lowest BCUT2D eigenvalue weighted by molar-refractivity contribution is -0.117. The maximum atomic E-state index is 12.2. The summed E-state index contributed by atoms with van der Waals surface area (Å²) >= 11 is 0. The number of carbonyl (C=O) groups is 2. The van der Waals surface area contributed by atoms with Crippen molar-refractivity contribution in [2.75, 3.05) is 10.6 Å². The smallest absolute Gasteiger partial charge is 0.233 e. The van der Waals surface area contributed by atoms with Gasteiger partial charge in [-0.15, -0.1) is 0 Å². The van der Waals surface area contributed by atoms with Gasteiger partial charge in [-0.05, 0) is 36.5 Å². The Morgan fingerprint density at radius 2 is 1.56 bits per heavy atom. The van der Waals surface area contributed by atoms with E-state index in [9.17, 15) is 9.59 Å². The molecule has 1 aromatic carbocycles. The number of hydrogen-bond donors (Lipinski definition) is 2. The molecule has 2 amide bonds. The Kier molecular flexibility index (Phi) is 7.96. The van der Waals surface area contributed by atoms with Crippen LogP contribution < -0.4 is 10.6 Å². The molecule has 0 spiro atoms. The molecule has 0 radical (unpaired) electrons. The van der Waals surface area contributed by atoms with Gasteiger partial charge in [0.25, 0.3) is 0 Å². The van der Waals surface area contributed by atoms with Crippen LogP contribution >= 0.6 is 0 Å². The molecule has 0 saturated carbocycles. The van der Waals surface area contributed by atoms with Gasteiger partial charge in [-0.25, -0.2) is 9.97 Å². The molecule has 0 fully saturated rings. The summed E-state index contributed by atoms with van der Waals surface area (Å²) in [7, 11) is 0. The Morgan fingerprint density at radius 3 is 2.22 bits per heavy atom. The summed E-state index contributed by atoms with van der Waals surface area (Å²) in [6.07, 6.45) is 8.50. The van der Waals surface area contributed by atoms with Crippen LogP contribution in [0, 0.1) is 0 Å². The first-order valence-electron chi connectivity index (χ1n) is 10.9. The van der Waals surface area contributed by atoms with Crippen molar-refractivity contribution in [2.24, 2.45) is 0 Å². The number of aromatic nitrogens is 4. The molecular formula is C24H28N6O2. The third-order valence-electron chi connectivity index (χ3n) is 4.72. The van der Waals surface area contributed by atoms with Crippen LogP contribution in [-0.2, 0) is 16.0 Å². The number of rotatable bonds is 9. The number of fused-ring (bicyclic) bond motifs is 1. The van der Waals surface area contributed by atoms with E-state index >= 15 is 0 Å². The number of amides is 2. The van der Waals surface area contributed by atoms with Crippen LogP contribution in [0.3, 0.4) is 0 Å². The van der Waals surface area contributed by atoms with Crippen molar-refractivity contribution >= 4 is 46.9 Å². The van der Waals surface area contributed by atoms with Crippen LogP contribution in [-0.4, -0.2) is 31.8 Å². The van der Waals surface area contributed by atoms with Gasteiger partial charge in [-0.3, -0.25) is 14.9 Å². The first-order chi connectivity index (χ1) is 15.5. The lowest BCUT2D eigenvalue weighted by Crippen LogP contribution is -2.17. The molecule has 0 unspecified atom stereocenters. The minimum atomic E-state index is -0.195. The van der Waals surface area contributed by atoms with E-state index in [2.05, 4.69) is 61.8 Å². The van der Waals surface area contributed by atoms with Crippen molar-refractivity contribution in [3.8, 4) is 0 Å². The van der Waals surface area contributed by atoms with E-state index in [1.54, 1.807) is 6.20 Å². The first kappa shape index (κ1) is 23.0. The fourth-order valence-corrected chi connectivity index (χ4v) is 3.03. The molecule has 2 aromatic heterocycles. The van der Waals surface area contributed by atoms with Gasteiger partial charge in [0.1, 0.15) is 0 Å². The highest BCUT2D eigenvalue weighted by Crippen LogP contribution is 2.20. The first-order valence-corrected chi connectivity index (χ1v) is 10.9. The van der Waals surface area contributed by atoms with Crippen molar-refractivity contribution in [3.05, 3.63) is 47.3 Å². The quantitative estimate of drug-likeness (QED) is 0.510. The van der Waals surface area contributed by atoms with Gasteiger partial charge in [0, 0.05) is 12.8 Å². The van der Waals surface area contributed by atoms with Crippen molar-refractivity contribution in [2.45, 2.75) is 52.9 Å². The van der Waals surface area contributed by atoms with Gasteiger partial charge >= 0.3 is 0 Å². The van der Waals surface area contributed by atoms with Crippen LogP contribution in [0.25, 0.3) is 23.3 Å². The molecule has 0 aliphatic carbocycles. The molecule has 3 rings (SSSR count). The topological polar surface area (TPSA) is 110 Å². The van der Waals surface area contributed by atoms with E-state index in [0.29, 0.717) is 42.5 Å². The van der Waals surface area contributed by atoms with Crippen molar-refractivity contribution < 1.29 is 9.59 Å². The molecule has 2 heterocycles. The second kappa shape index (κ2) is 11.1. The minimum Gasteiger partial charge on any atom is -0.309 e. The number of anilines is 2. The molecule has 0 saturated heterocycles. The Bertz CT molecular complexity index is 1130. The predicted octanol–water partition coefficient (Wildman–Crippen LogP) is 4.63. The van der Waals surface area contributed by atoms with Crippen LogP contribution in [0.2, 0.25) is 0 Å². The molecule has 32 heavy (non-hydrogen) atoms. The Hall–Kier alpha value is -3.68. The summed E-state index contributed by atoms with van der Waals surface area (Å²) in [6, 6.07) is 8.29. The van der Waals surface area contributed by atoms with E-state index in [1.165, 1.54) is 5.56 Å². The molecule has 0 aliphatic heterocycles. The highest BCUT2D eigenvalue weighted by molar-refractivity contribution is 5.98. The van der Waals surface area contributed by atoms with Crippen LogP contribution in [0.4, 0.5) is 11.8 Å². The minimum absolute atomic E-state index is 0.0938. The summed E-state index contributed by atoms with van der Waals surface area (Å²) in [5, 5.41) is 5.43. The van der Waals surface area contributed by atoms with Gasteiger partial charge in [-0.2, -0.15) is 9.97 Å². The van der Waals surface area contributed by atoms with Crippen molar-refractivity contribution in [3.63, 3.8) is 0 Å². The van der Waals surface area contributed by atoms with E-state index in [-0.39, 0.29) is 23.6 Å². The summed E-state index contributed by atoms with van der Waals surface area (Å²) < 4.78 is 0. The van der Waals surface area contributed by atoms with Crippen molar-refractivity contribution in [1.29, 1.82) is 0 Å². The molecule has 166 valence electrons. The summed E-state index contributed by atoms with van der Waals surface area (Å²) in [5.74, 6) is -0.0527. The van der Waals surface area contributed by atoms with Crippen LogP contribution in [0.5, 0.6) is 0 Å². The number of aryl methyl sites for hydroxylation is 1. The summed E-state index contributed by atoms with van der Waals surface area (Å²) in [4.78, 5) is 41.8. The molecule has 2 N–H and O–H groups in total. The van der Waals surface area contributed by atoms with Crippen molar-refractivity contribution in [1.82, 2.24) is 19.9 Å². The van der Waals surface area contributed by atoms with E-state index in [1.807, 2.05) is 26.0 Å². The lowest BCUT2D eigenvalue weighted by atomic mass is 10.1. The lowest BCUT2D eigenvalue weighted by Gasteiger charge is -2.10. The standard InChI is InChI=1S/C24H28N6O2/c1-4-7-19(31)27-23-21-22(29-24(30-23)28-20(32)8-5-2)25-15-18(26-21)14-13-17-11-9-16(6-3)10-12-17/h9-15H,4-8H2,1-3H3,(H2,25,27,28,29,30,31,32)/b14-13+. The van der Waals surface area contributed by atoms with Crippen LogP contribution in [0.15, 0.2) is 30.5 Å². The number of benzene rings is 1. The fraction of sp³-hybridized carbons (Fsp3) is 0.333. The van der Waals surface area contributed by atoms with Gasteiger partial charge in [0.05, 0.1) is 11.9 Å². The van der Waals surface area contributed by atoms with Crippen LogP contribution in [0.1, 0.15) is 63.3 Å². The van der Waals surface area contributed by atoms with Gasteiger partial charge in [0.2, 0.25) is 17.8 Å². The Balaban J connectivity index is 1.94. The number of nitrogens with one attached hydrogen (secondary N) is 2. The normalized spacial score (nSPS) is 11.1. The second-order valence-electron chi connectivity index (χ2n) is 7.39. The molecule has 0 aliphatic rings. The van der Waals surface area contributed by atoms with Gasteiger partial charge < -0.3 is 5.32 Å². The number of nitrogens with zero attached hydrogens (tertiary/aromatic N) is 4. The van der Waals surface area contributed by atoms with E-state index in [0.717, 1.165) is 12.0 Å². The highest BCUT2D eigenvalue weighted by Gasteiger charge is 2.14. The van der Waals surface area contributed by atoms with Gasteiger partial charge in [-0.1, -0.05) is 51.1 Å². The molecule has 0 bridgehead atoms. The maximum Gasteiger partial charge on any atom is 0.233 e. The molecule has 3 aromatic rings. The Labute approximate surface area is 187 Å². The zero-order chi connectivity index (χ0) is 22.9. The third kappa shape index (κ3) is 6.16. The average molecular weight is 433 g/mol. The largest absolute Gasteiger partial charge is 0.309 e. The predicted molar refractivity (Wildman–Crippen MR) is 127 cm³/mol. The average Bonchev–Trinajstić information content (AvgIpc) is 2.78.